The van der Waals surface area contributed by atoms with Gasteiger partial charge in [0.2, 0.25) is 0 Å². The summed E-state index contributed by atoms with van der Waals surface area (Å²) in [5.41, 5.74) is 1.73. The van der Waals surface area contributed by atoms with Crippen LogP contribution < -0.4 is 10.0 Å². The summed E-state index contributed by atoms with van der Waals surface area (Å²) in [6, 6.07) is 15.7. The minimum atomic E-state index is -3.96. The van der Waals surface area contributed by atoms with Gasteiger partial charge in [0.15, 0.2) is 0 Å². The molecule has 0 saturated carbocycles. The normalized spacial score (nSPS) is 10.8. The van der Waals surface area contributed by atoms with E-state index in [1.807, 2.05) is 0 Å². The number of sulfonamides is 1. The van der Waals surface area contributed by atoms with Crippen LogP contribution in [0.15, 0.2) is 71.6 Å². The molecule has 0 unspecified atom stereocenters. The van der Waals surface area contributed by atoms with Crippen LogP contribution in [0.4, 0.5) is 15.8 Å². The summed E-state index contributed by atoms with van der Waals surface area (Å²) in [5, 5.41) is 2.42. The minimum absolute atomic E-state index is 0.181. The SMILES string of the molecule is C#Cc1cccc(NC(=O)c2ccc(NS(=O)(=O)c3ccc(F)c(Cl)c3)cc2)c1. The van der Waals surface area contributed by atoms with Crippen LogP contribution in [0, 0.1) is 18.2 Å². The molecule has 8 heteroatoms. The molecule has 0 aromatic heterocycles. The van der Waals surface area contributed by atoms with Crippen molar-refractivity contribution in [2.45, 2.75) is 4.90 Å². The second-order valence-electron chi connectivity index (χ2n) is 5.94. The summed E-state index contributed by atoms with van der Waals surface area (Å²) in [4.78, 5) is 12.2. The van der Waals surface area contributed by atoms with Crippen molar-refractivity contribution in [3.05, 3.63) is 88.7 Å². The Morgan fingerprint density at radius 2 is 1.72 bits per heavy atom. The van der Waals surface area contributed by atoms with Crippen molar-refractivity contribution in [1.29, 1.82) is 0 Å². The first-order valence-corrected chi connectivity index (χ1v) is 10.1. The molecule has 146 valence electrons. The number of halogens is 2. The van der Waals surface area contributed by atoms with E-state index in [0.29, 0.717) is 16.8 Å². The number of hydrogen-bond acceptors (Lipinski definition) is 3. The number of nitrogens with one attached hydrogen (secondary N) is 2. The Kier molecular flexibility index (Phi) is 5.87. The van der Waals surface area contributed by atoms with Gasteiger partial charge in [0, 0.05) is 22.5 Å². The van der Waals surface area contributed by atoms with Crippen LogP contribution in [0.5, 0.6) is 0 Å². The Balaban J connectivity index is 1.73. The lowest BCUT2D eigenvalue weighted by Crippen LogP contribution is -2.14. The maximum Gasteiger partial charge on any atom is 0.261 e. The first-order chi connectivity index (χ1) is 13.8. The van der Waals surface area contributed by atoms with E-state index in [1.165, 1.54) is 24.3 Å². The molecule has 0 saturated heterocycles. The summed E-state index contributed by atoms with van der Waals surface area (Å²) in [5.74, 6) is 1.39. The molecule has 0 aliphatic carbocycles. The molecule has 0 atom stereocenters. The van der Waals surface area contributed by atoms with Crippen molar-refractivity contribution in [2.75, 3.05) is 10.0 Å². The molecule has 2 N–H and O–H groups in total. The summed E-state index contributed by atoms with van der Waals surface area (Å²) in [7, 11) is -3.96. The van der Waals surface area contributed by atoms with E-state index in [1.54, 1.807) is 24.3 Å². The fourth-order valence-corrected chi connectivity index (χ4v) is 3.77. The molecular weight excluding hydrogens is 415 g/mol. The van der Waals surface area contributed by atoms with Crippen LogP contribution in [0.3, 0.4) is 0 Å². The fraction of sp³-hybridized carbons (Fsp3) is 0. The van der Waals surface area contributed by atoms with Gasteiger partial charge in [0.1, 0.15) is 5.82 Å². The van der Waals surface area contributed by atoms with E-state index in [4.69, 9.17) is 18.0 Å². The average molecular weight is 429 g/mol. The highest BCUT2D eigenvalue weighted by molar-refractivity contribution is 7.92. The molecule has 29 heavy (non-hydrogen) atoms. The summed E-state index contributed by atoms with van der Waals surface area (Å²) in [6.07, 6.45) is 5.34. The Hall–Kier alpha value is -3.34. The smallest absolute Gasteiger partial charge is 0.261 e. The zero-order valence-corrected chi connectivity index (χ0v) is 16.4. The van der Waals surface area contributed by atoms with Crippen molar-refractivity contribution < 1.29 is 17.6 Å². The molecule has 3 aromatic carbocycles. The van der Waals surface area contributed by atoms with Crippen molar-refractivity contribution in [1.82, 2.24) is 0 Å². The maximum atomic E-state index is 13.2. The van der Waals surface area contributed by atoms with Gasteiger partial charge in [-0.1, -0.05) is 23.6 Å². The molecule has 0 spiro atoms. The number of carbonyl (C=O) groups is 1. The highest BCUT2D eigenvalue weighted by atomic mass is 35.5. The van der Waals surface area contributed by atoms with Gasteiger partial charge >= 0.3 is 0 Å². The quantitative estimate of drug-likeness (QED) is 0.587. The molecule has 0 aliphatic rings. The lowest BCUT2D eigenvalue weighted by atomic mass is 10.1. The van der Waals surface area contributed by atoms with Crippen LogP contribution in [0.1, 0.15) is 15.9 Å². The Labute approximate surface area is 172 Å². The second kappa shape index (κ2) is 8.35. The van der Waals surface area contributed by atoms with Gasteiger partial charge in [-0.15, -0.1) is 6.42 Å². The molecule has 3 rings (SSSR count). The van der Waals surface area contributed by atoms with E-state index >= 15 is 0 Å². The van der Waals surface area contributed by atoms with Gasteiger partial charge in [-0.3, -0.25) is 9.52 Å². The van der Waals surface area contributed by atoms with Gasteiger partial charge in [-0.25, -0.2) is 12.8 Å². The third kappa shape index (κ3) is 4.93. The number of terminal acetylenes is 1. The standard InChI is InChI=1S/C21H14ClFN2O3S/c1-2-14-4-3-5-17(12-14)24-21(26)15-6-8-16(9-7-15)25-29(27,28)18-10-11-20(23)19(22)13-18/h1,3-13,25H,(H,24,26). The van der Waals surface area contributed by atoms with Crippen molar-refractivity contribution in [3.8, 4) is 12.3 Å². The largest absolute Gasteiger partial charge is 0.322 e. The third-order valence-electron chi connectivity index (χ3n) is 3.89. The first-order valence-electron chi connectivity index (χ1n) is 8.24. The molecule has 1 amide bonds. The predicted molar refractivity (Wildman–Crippen MR) is 111 cm³/mol. The zero-order chi connectivity index (χ0) is 21.0. The van der Waals surface area contributed by atoms with Gasteiger partial charge in [0.25, 0.3) is 15.9 Å². The van der Waals surface area contributed by atoms with Crippen LogP contribution >= 0.6 is 11.6 Å². The average Bonchev–Trinajstić information content (AvgIpc) is 2.70. The molecule has 0 aliphatic heterocycles. The van der Waals surface area contributed by atoms with Crippen LogP contribution in [0.25, 0.3) is 0 Å². The Bertz CT molecular complexity index is 1220. The third-order valence-corrected chi connectivity index (χ3v) is 5.56. The molecule has 0 heterocycles. The summed E-state index contributed by atoms with van der Waals surface area (Å²) < 4.78 is 40.4. The van der Waals surface area contributed by atoms with Gasteiger partial charge in [-0.05, 0) is 60.7 Å². The molecule has 0 radical (unpaired) electrons. The highest BCUT2D eigenvalue weighted by Crippen LogP contribution is 2.22. The van der Waals surface area contributed by atoms with Crippen LogP contribution in [-0.2, 0) is 10.0 Å². The van der Waals surface area contributed by atoms with Gasteiger partial charge in [-0.2, -0.15) is 0 Å². The molecular formula is C21H14ClFN2O3S. The molecule has 3 aromatic rings. The van der Waals surface area contributed by atoms with Crippen molar-refractivity contribution >= 4 is 38.9 Å². The van der Waals surface area contributed by atoms with Crippen LogP contribution in [0.2, 0.25) is 5.02 Å². The summed E-state index contributed by atoms with van der Waals surface area (Å²) in [6.45, 7) is 0. The number of anilines is 2. The van der Waals surface area contributed by atoms with Gasteiger partial charge in [0.05, 0.1) is 9.92 Å². The van der Waals surface area contributed by atoms with Crippen LogP contribution in [-0.4, -0.2) is 14.3 Å². The summed E-state index contributed by atoms with van der Waals surface area (Å²) >= 11 is 5.64. The van der Waals surface area contributed by atoms with Crippen molar-refractivity contribution in [2.24, 2.45) is 0 Å². The first kappa shape index (κ1) is 20.4. The van der Waals surface area contributed by atoms with E-state index in [0.717, 1.165) is 18.2 Å². The van der Waals surface area contributed by atoms with Gasteiger partial charge < -0.3 is 5.32 Å². The molecule has 0 fully saturated rings. The fourth-order valence-electron chi connectivity index (χ4n) is 2.44. The number of benzene rings is 3. The number of carbonyl (C=O) groups excluding carboxylic acids is 1. The van der Waals surface area contributed by atoms with E-state index in [-0.39, 0.29) is 21.5 Å². The monoisotopic (exact) mass is 428 g/mol. The number of hydrogen-bond donors (Lipinski definition) is 2. The van der Waals surface area contributed by atoms with E-state index in [2.05, 4.69) is 16.0 Å². The minimum Gasteiger partial charge on any atom is -0.322 e. The number of amides is 1. The lowest BCUT2D eigenvalue weighted by Gasteiger charge is -2.10. The van der Waals surface area contributed by atoms with E-state index < -0.39 is 15.8 Å². The van der Waals surface area contributed by atoms with E-state index in [9.17, 15) is 17.6 Å². The predicted octanol–water partition coefficient (Wildman–Crippen LogP) is 4.51. The lowest BCUT2D eigenvalue weighted by molar-refractivity contribution is 0.102. The number of rotatable bonds is 5. The molecule has 0 bridgehead atoms. The molecule has 5 nitrogen and oxygen atoms in total. The highest BCUT2D eigenvalue weighted by Gasteiger charge is 2.16. The maximum absolute atomic E-state index is 13.2. The zero-order valence-electron chi connectivity index (χ0n) is 14.8. The Morgan fingerprint density at radius 1 is 1.00 bits per heavy atom. The topological polar surface area (TPSA) is 75.3 Å². The Morgan fingerprint density at radius 3 is 2.38 bits per heavy atom. The van der Waals surface area contributed by atoms with Crippen molar-refractivity contribution in [3.63, 3.8) is 0 Å². The second-order valence-corrected chi connectivity index (χ2v) is 8.03.